The van der Waals surface area contributed by atoms with Gasteiger partial charge in [-0.1, -0.05) is 6.07 Å². The molecular formula is C15H16FIN4. The van der Waals surface area contributed by atoms with Gasteiger partial charge >= 0.3 is 0 Å². The fraction of sp³-hybridized carbons (Fsp3) is 0.267. The number of hydrogen-bond acceptors (Lipinski definition) is 4. The Labute approximate surface area is 136 Å². The zero-order chi connectivity index (χ0) is 14.8. The minimum Gasteiger partial charge on any atom is -0.397 e. The molecule has 1 fully saturated rings. The molecule has 2 aromatic rings. The van der Waals surface area contributed by atoms with Crippen molar-refractivity contribution in [2.24, 2.45) is 0 Å². The Balaban J connectivity index is 1.73. The molecule has 0 bridgehead atoms. The molecule has 4 nitrogen and oxygen atoms in total. The summed E-state index contributed by atoms with van der Waals surface area (Å²) in [5, 5.41) is 0. The maximum absolute atomic E-state index is 13.7. The van der Waals surface area contributed by atoms with Crippen molar-refractivity contribution in [2.45, 2.75) is 0 Å². The van der Waals surface area contributed by atoms with Gasteiger partial charge in [0.05, 0.1) is 14.9 Å². The van der Waals surface area contributed by atoms with Crippen molar-refractivity contribution in [3.63, 3.8) is 0 Å². The van der Waals surface area contributed by atoms with E-state index in [-0.39, 0.29) is 5.82 Å². The van der Waals surface area contributed by atoms with Crippen LogP contribution in [0, 0.1) is 9.39 Å². The summed E-state index contributed by atoms with van der Waals surface area (Å²) in [6.07, 6.45) is 1.80. The summed E-state index contributed by atoms with van der Waals surface area (Å²) < 4.78 is 14.3. The summed E-state index contributed by atoms with van der Waals surface area (Å²) in [4.78, 5) is 8.73. The monoisotopic (exact) mass is 398 g/mol. The lowest BCUT2D eigenvalue weighted by Gasteiger charge is -2.37. The molecule has 0 spiro atoms. The molecule has 0 unspecified atom stereocenters. The highest BCUT2D eigenvalue weighted by Crippen LogP contribution is 2.28. The molecule has 1 aliphatic rings. The summed E-state index contributed by atoms with van der Waals surface area (Å²) in [5.41, 5.74) is 7.45. The lowest BCUT2D eigenvalue weighted by Crippen LogP contribution is -2.47. The highest BCUT2D eigenvalue weighted by atomic mass is 127. The van der Waals surface area contributed by atoms with E-state index in [0.29, 0.717) is 9.26 Å². The van der Waals surface area contributed by atoms with Crippen LogP contribution in [-0.2, 0) is 0 Å². The molecule has 1 saturated heterocycles. The molecule has 0 amide bonds. The molecule has 110 valence electrons. The van der Waals surface area contributed by atoms with Gasteiger partial charge in [0.25, 0.3) is 0 Å². The van der Waals surface area contributed by atoms with E-state index >= 15 is 0 Å². The predicted octanol–water partition coefficient (Wildman–Crippen LogP) is 2.73. The number of halogens is 2. The zero-order valence-corrected chi connectivity index (χ0v) is 13.6. The summed E-state index contributed by atoms with van der Waals surface area (Å²) in [6, 6.07) is 9.13. The van der Waals surface area contributed by atoms with Crippen molar-refractivity contribution < 1.29 is 4.39 Å². The maximum Gasteiger partial charge on any atom is 0.138 e. The largest absolute Gasteiger partial charge is 0.397 e. The number of benzene rings is 1. The fourth-order valence-corrected chi connectivity index (χ4v) is 3.03. The average Bonchev–Trinajstić information content (AvgIpc) is 2.52. The van der Waals surface area contributed by atoms with Gasteiger partial charge in [-0.25, -0.2) is 9.37 Å². The van der Waals surface area contributed by atoms with Crippen LogP contribution >= 0.6 is 22.6 Å². The Kier molecular flexibility index (Phi) is 4.14. The van der Waals surface area contributed by atoms with Gasteiger partial charge in [-0.15, -0.1) is 0 Å². The van der Waals surface area contributed by atoms with Crippen LogP contribution in [0.25, 0.3) is 0 Å². The third kappa shape index (κ3) is 3.04. The van der Waals surface area contributed by atoms with Gasteiger partial charge in [0, 0.05) is 38.4 Å². The quantitative estimate of drug-likeness (QED) is 0.625. The van der Waals surface area contributed by atoms with Crippen LogP contribution in [0.15, 0.2) is 36.5 Å². The van der Waals surface area contributed by atoms with Gasteiger partial charge in [-0.2, -0.15) is 0 Å². The molecule has 0 saturated carbocycles. The van der Waals surface area contributed by atoms with E-state index in [1.807, 2.05) is 40.8 Å². The number of piperazine rings is 1. The summed E-state index contributed by atoms with van der Waals surface area (Å²) in [7, 11) is 0. The first kappa shape index (κ1) is 14.4. The third-order valence-corrected chi connectivity index (χ3v) is 4.49. The first-order chi connectivity index (χ1) is 10.1. The zero-order valence-electron chi connectivity index (χ0n) is 11.5. The summed E-state index contributed by atoms with van der Waals surface area (Å²) in [5.74, 6) is 0.769. The molecule has 1 aromatic carbocycles. The molecule has 21 heavy (non-hydrogen) atoms. The van der Waals surface area contributed by atoms with E-state index in [9.17, 15) is 4.39 Å². The SMILES string of the molecule is Nc1cc(I)c(F)cc1N1CCN(c2ccccn2)CC1. The third-order valence-electron chi connectivity index (χ3n) is 3.66. The number of nitrogen functional groups attached to an aromatic ring is 1. The molecule has 0 radical (unpaired) electrons. The van der Waals surface area contributed by atoms with E-state index in [0.717, 1.165) is 37.7 Å². The van der Waals surface area contributed by atoms with Gasteiger partial charge in [-0.3, -0.25) is 0 Å². The molecular weight excluding hydrogens is 382 g/mol. The number of hydrogen-bond donors (Lipinski definition) is 1. The van der Waals surface area contributed by atoms with Gasteiger partial charge in [0.2, 0.25) is 0 Å². The number of nitrogens with zero attached hydrogens (tertiary/aromatic N) is 3. The van der Waals surface area contributed by atoms with Crippen molar-refractivity contribution in [2.75, 3.05) is 41.7 Å². The van der Waals surface area contributed by atoms with Crippen molar-refractivity contribution >= 4 is 39.8 Å². The number of anilines is 3. The van der Waals surface area contributed by atoms with E-state index in [1.54, 1.807) is 12.3 Å². The summed E-state index contributed by atoms with van der Waals surface area (Å²) >= 11 is 1.96. The number of rotatable bonds is 2. The van der Waals surface area contributed by atoms with Crippen LogP contribution in [0.4, 0.5) is 21.6 Å². The number of nitrogens with two attached hydrogens (primary N) is 1. The Hall–Kier alpha value is -1.57. The minimum atomic E-state index is -0.216. The molecule has 3 rings (SSSR count). The molecule has 1 aliphatic heterocycles. The normalized spacial score (nSPS) is 15.3. The van der Waals surface area contributed by atoms with Crippen LogP contribution in [-0.4, -0.2) is 31.2 Å². The van der Waals surface area contributed by atoms with E-state index < -0.39 is 0 Å². The molecule has 0 atom stereocenters. The molecule has 2 N–H and O–H groups in total. The number of aromatic nitrogens is 1. The Morgan fingerprint density at radius 2 is 1.81 bits per heavy atom. The van der Waals surface area contributed by atoms with Crippen molar-refractivity contribution in [3.05, 3.63) is 45.9 Å². The fourth-order valence-electron chi connectivity index (χ4n) is 2.54. The number of pyridine rings is 1. The second-order valence-electron chi connectivity index (χ2n) is 4.99. The minimum absolute atomic E-state index is 0.216. The van der Waals surface area contributed by atoms with Crippen molar-refractivity contribution in [3.8, 4) is 0 Å². The first-order valence-corrected chi connectivity index (χ1v) is 7.88. The van der Waals surface area contributed by atoms with E-state index in [4.69, 9.17) is 5.73 Å². The van der Waals surface area contributed by atoms with Crippen molar-refractivity contribution in [1.82, 2.24) is 4.98 Å². The highest BCUT2D eigenvalue weighted by molar-refractivity contribution is 14.1. The van der Waals surface area contributed by atoms with Gasteiger partial charge in [0.1, 0.15) is 11.6 Å². The second kappa shape index (κ2) is 6.05. The summed E-state index contributed by atoms with van der Waals surface area (Å²) in [6.45, 7) is 3.32. The smallest absolute Gasteiger partial charge is 0.138 e. The van der Waals surface area contributed by atoms with Crippen LogP contribution in [0.3, 0.4) is 0 Å². The van der Waals surface area contributed by atoms with E-state index in [1.165, 1.54) is 6.07 Å². The van der Waals surface area contributed by atoms with E-state index in [2.05, 4.69) is 14.8 Å². The highest BCUT2D eigenvalue weighted by Gasteiger charge is 2.20. The lowest BCUT2D eigenvalue weighted by molar-refractivity contribution is 0.614. The second-order valence-corrected chi connectivity index (χ2v) is 6.15. The Bertz CT molecular complexity index is 627. The predicted molar refractivity (Wildman–Crippen MR) is 92.2 cm³/mol. The topological polar surface area (TPSA) is 45.4 Å². The maximum atomic E-state index is 13.7. The standard InChI is InChI=1S/C15H16FIN4/c16-11-9-14(13(18)10-12(11)17)20-5-7-21(8-6-20)15-3-1-2-4-19-15/h1-4,9-10H,5-8,18H2. The van der Waals surface area contributed by atoms with Crippen molar-refractivity contribution in [1.29, 1.82) is 0 Å². The molecule has 6 heteroatoms. The van der Waals surface area contributed by atoms with Crippen LogP contribution < -0.4 is 15.5 Å². The van der Waals surface area contributed by atoms with Crippen LogP contribution in [0.2, 0.25) is 0 Å². The van der Waals surface area contributed by atoms with Gasteiger partial charge in [0.15, 0.2) is 0 Å². The van der Waals surface area contributed by atoms with Crippen LogP contribution in [0.5, 0.6) is 0 Å². The molecule has 0 aliphatic carbocycles. The molecule has 2 heterocycles. The van der Waals surface area contributed by atoms with Gasteiger partial charge < -0.3 is 15.5 Å². The first-order valence-electron chi connectivity index (χ1n) is 6.80. The van der Waals surface area contributed by atoms with Gasteiger partial charge in [-0.05, 0) is 40.8 Å². The molecule has 1 aromatic heterocycles. The Morgan fingerprint density at radius 1 is 1.10 bits per heavy atom. The average molecular weight is 398 g/mol. The lowest BCUT2D eigenvalue weighted by atomic mass is 10.2. The van der Waals surface area contributed by atoms with Crippen LogP contribution in [0.1, 0.15) is 0 Å². The Morgan fingerprint density at radius 3 is 2.48 bits per heavy atom.